The molecular formula is C13H21N3O2. The van der Waals surface area contributed by atoms with Gasteiger partial charge in [-0.2, -0.15) is 5.10 Å². The first kappa shape index (κ1) is 13.1. The van der Waals surface area contributed by atoms with Crippen molar-refractivity contribution in [2.75, 3.05) is 6.54 Å². The van der Waals surface area contributed by atoms with Crippen LogP contribution in [0.5, 0.6) is 0 Å². The molecule has 0 bridgehead atoms. The molecule has 0 spiro atoms. The molecule has 5 heteroatoms. The number of nitrogens with one attached hydrogen (secondary N) is 2. The van der Waals surface area contributed by atoms with Crippen molar-refractivity contribution in [3.05, 3.63) is 17.0 Å². The predicted octanol–water partition coefficient (Wildman–Crippen LogP) is 1.18. The van der Waals surface area contributed by atoms with Crippen molar-refractivity contribution in [1.82, 2.24) is 15.5 Å². The molecule has 0 unspecified atom stereocenters. The number of carbonyl (C=O) groups is 1. The fourth-order valence-electron chi connectivity index (χ4n) is 2.34. The maximum absolute atomic E-state index is 12.0. The van der Waals surface area contributed by atoms with E-state index in [1.54, 1.807) is 0 Å². The Kier molecular flexibility index (Phi) is 3.71. The Hall–Kier alpha value is -1.36. The third-order valence-corrected chi connectivity index (χ3v) is 3.92. The zero-order chi connectivity index (χ0) is 13.2. The second kappa shape index (κ2) is 5.10. The lowest BCUT2D eigenvalue weighted by atomic mass is 9.97. The number of rotatable bonds is 5. The first-order chi connectivity index (χ1) is 8.59. The lowest BCUT2D eigenvalue weighted by Crippen LogP contribution is -2.42. The number of aliphatic hydroxyl groups is 1. The molecular weight excluding hydrogens is 230 g/mol. The molecule has 0 radical (unpaired) electrons. The van der Waals surface area contributed by atoms with Crippen LogP contribution in [0.25, 0.3) is 0 Å². The maximum Gasteiger partial charge on any atom is 0.272 e. The Labute approximate surface area is 107 Å². The molecule has 1 aromatic heterocycles. The summed E-state index contributed by atoms with van der Waals surface area (Å²) in [5.74, 6) is -0.185. The number of hydrogen-bond donors (Lipinski definition) is 3. The molecule has 0 saturated carbocycles. The minimum absolute atomic E-state index is 0.185. The van der Waals surface area contributed by atoms with Crippen LogP contribution in [0.4, 0.5) is 0 Å². The number of amides is 1. The number of fused-ring (bicyclic) bond motifs is 1. The summed E-state index contributed by atoms with van der Waals surface area (Å²) >= 11 is 0. The van der Waals surface area contributed by atoms with Crippen LogP contribution >= 0.6 is 0 Å². The van der Waals surface area contributed by atoms with E-state index < -0.39 is 5.60 Å². The van der Waals surface area contributed by atoms with E-state index in [1.807, 2.05) is 13.8 Å². The van der Waals surface area contributed by atoms with Crippen molar-refractivity contribution in [2.45, 2.75) is 51.6 Å². The first-order valence-electron chi connectivity index (χ1n) is 6.66. The third kappa shape index (κ3) is 2.41. The summed E-state index contributed by atoms with van der Waals surface area (Å²) in [5.41, 5.74) is 1.82. The molecule has 1 aliphatic rings. The maximum atomic E-state index is 12.0. The Morgan fingerprint density at radius 1 is 1.44 bits per heavy atom. The Bertz CT molecular complexity index is 435. The van der Waals surface area contributed by atoms with Gasteiger partial charge in [0.2, 0.25) is 0 Å². The topological polar surface area (TPSA) is 78.0 Å². The Balaban J connectivity index is 2.00. The van der Waals surface area contributed by atoms with E-state index in [0.717, 1.165) is 30.5 Å². The SMILES string of the molecule is CCC(O)(CC)CNC(=O)c1n[nH]c2c1CCC2. The molecule has 3 N–H and O–H groups in total. The van der Waals surface area contributed by atoms with Gasteiger partial charge in [-0.15, -0.1) is 0 Å². The largest absolute Gasteiger partial charge is 0.388 e. The molecule has 1 aliphatic carbocycles. The number of aromatic amines is 1. The highest BCUT2D eigenvalue weighted by Crippen LogP contribution is 2.22. The van der Waals surface area contributed by atoms with Gasteiger partial charge >= 0.3 is 0 Å². The molecule has 2 rings (SSSR count). The molecule has 0 aromatic carbocycles. The van der Waals surface area contributed by atoms with Gasteiger partial charge in [0.15, 0.2) is 5.69 Å². The highest BCUT2D eigenvalue weighted by atomic mass is 16.3. The van der Waals surface area contributed by atoms with Gasteiger partial charge in [-0.1, -0.05) is 13.8 Å². The van der Waals surface area contributed by atoms with Gasteiger partial charge in [-0.05, 0) is 32.1 Å². The average molecular weight is 251 g/mol. The zero-order valence-electron chi connectivity index (χ0n) is 11.0. The third-order valence-electron chi connectivity index (χ3n) is 3.92. The summed E-state index contributed by atoms with van der Waals surface area (Å²) in [5, 5.41) is 19.9. The predicted molar refractivity (Wildman–Crippen MR) is 68.5 cm³/mol. The molecule has 0 aliphatic heterocycles. The van der Waals surface area contributed by atoms with Gasteiger partial charge < -0.3 is 10.4 Å². The second-order valence-electron chi connectivity index (χ2n) is 5.00. The molecule has 0 atom stereocenters. The smallest absolute Gasteiger partial charge is 0.272 e. The Morgan fingerprint density at radius 2 is 2.17 bits per heavy atom. The molecule has 1 aromatic rings. The van der Waals surface area contributed by atoms with E-state index in [4.69, 9.17) is 0 Å². The first-order valence-corrected chi connectivity index (χ1v) is 6.66. The van der Waals surface area contributed by atoms with Crippen LogP contribution in [-0.2, 0) is 12.8 Å². The van der Waals surface area contributed by atoms with Crippen molar-refractivity contribution in [2.24, 2.45) is 0 Å². The highest BCUT2D eigenvalue weighted by molar-refractivity contribution is 5.94. The van der Waals surface area contributed by atoms with Crippen LogP contribution in [0.1, 0.15) is 54.9 Å². The summed E-state index contributed by atoms with van der Waals surface area (Å²) in [7, 11) is 0. The summed E-state index contributed by atoms with van der Waals surface area (Å²) in [4.78, 5) is 12.0. The van der Waals surface area contributed by atoms with Crippen LogP contribution in [0.2, 0.25) is 0 Å². The van der Waals surface area contributed by atoms with Crippen LogP contribution in [0.3, 0.4) is 0 Å². The van der Waals surface area contributed by atoms with E-state index in [-0.39, 0.29) is 12.5 Å². The number of hydrogen-bond acceptors (Lipinski definition) is 3. The number of carbonyl (C=O) groups excluding carboxylic acids is 1. The molecule has 5 nitrogen and oxygen atoms in total. The Morgan fingerprint density at radius 3 is 2.83 bits per heavy atom. The minimum atomic E-state index is -0.810. The normalized spacial score (nSPS) is 14.6. The zero-order valence-corrected chi connectivity index (χ0v) is 11.0. The van der Waals surface area contributed by atoms with Crippen molar-refractivity contribution in [1.29, 1.82) is 0 Å². The van der Waals surface area contributed by atoms with E-state index in [9.17, 15) is 9.90 Å². The molecule has 18 heavy (non-hydrogen) atoms. The van der Waals surface area contributed by atoms with Gasteiger partial charge in [0.25, 0.3) is 5.91 Å². The van der Waals surface area contributed by atoms with Crippen molar-refractivity contribution < 1.29 is 9.90 Å². The summed E-state index contributed by atoms with van der Waals surface area (Å²) in [6.45, 7) is 4.12. The van der Waals surface area contributed by atoms with Gasteiger partial charge in [-0.25, -0.2) is 0 Å². The average Bonchev–Trinajstić information content (AvgIpc) is 2.97. The van der Waals surface area contributed by atoms with Gasteiger partial charge in [0, 0.05) is 17.8 Å². The fourth-order valence-corrected chi connectivity index (χ4v) is 2.34. The summed E-state index contributed by atoms with van der Waals surface area (Å²) < 4.78 is 0. The molecule has 100 valence electrons. The van der Waals surface area contributed by atoms with Crippen LogP contribution in [0.15, 0.2) is 0 Å². The van der Waals surface area contributed by atoms with E-state index in [2.05, 4.69) is 15.5 Å². The molecule has 1 amide bonds. The number of aromatic nitrogens is 2. The molecule has 0 fully saturated rings. The van der Waals surface area contributed by atoms with Crippen molar-refractivity contribution >= 4 is 5.91 Å². The number of nitrogens with zero attached hydrogens (tertiary/aromatic N) is 1. The highest BCUT2D eigenvalue weighted by Gasteiger charge is 2.26. The van der Waals surface area contributed by atoms with E-state index >= 15 is 0 Å². The van der Waals surface area contributed by atoms with Crippen molar-refractivity contribution in [3.63, 3.8) is 0 Å². The van der Waals surface area contributed by atoms with Crippen LogP contribution in [-0.4, -0.2) is 33.4 Å². The lowest BCUT2D eigenvalue weighted by Gasteiger charge is -2.25. The van der Waals surface area contributed by atoms with Gasteiger partial charge in [-0.3, -0.25) is 9.89 Å². The fraction of sp³-hybridized carbons (Fsp3) is 0.692. The monoisotopic (exact) mass is 251 g/mol. The van der Waals surface area contributed by atoms with Gasteiger partial charge in [0.1, 0.15) is 0 Å². The quantitative estimate of drug-likeness (QED) is 0.735. The lowest BCUT2D eigenvalue weighted by molar-refractivity contribution is 0.0313. The summed E-state index contributed by atoms with van der Waals surface area (Å²) in [6.07, 6.45) is 4.23. The molecule has 0 saturated heterocycles. The van der Waals surface area contributed by atoms with E-state index in [1.165, 1.54) is 0 Å². The van der Waals surface area contributed by atoms with Gasteiger partial charge in [0.05, 0.1) is 5.60 Å². The van der Waals surface area contributed by atoms with Crippen LogP contribution < -0.4 is 5.32 Å². The molecule has 1 heterocycles. The minimum Gasteiger partial charge on any atom is -0.388 e. The summed E-state index contributed by atoms with van der Waals surface area (Å²) in [6, 6.07) is 0. The number of aryl methyl sites for hydroxylation is 1. The van der Waals surface area contributed by atoms with E-state index in [0.29, 0.717) is 18.5 Å². The van der Waals surface area contributed by atoms with Crippen molar-refractivity contribution in [3.8, 4) is 0 Å². The number of H-pyrrole nitrogens is 1. The van der Waals surface area contributed by atoms with Crippen LogP contribution in [0, 0.1) is 0 Å². The standard InChI is InChI=1S/C13H21N3O2/c1-3-13(18,4-2)8-14-12(17)11-9-6-5-7-10(9)15-16-11/h18H,3-8H2,1-2H3,(H,14,17)(H,15,16). The second-order valence-corrected chi connectivity index (χ2v) is 5.00.